The van der Waals surface area contributed by atoms with Crippen molar-refractivity contribution in [1.82, 2.24) is 4.98 Å². The lowest BCUT2D eigenvalue weighted by atomic mass is 9.97. The van der Waals surface area contributed by atoms with Gasteiger partial charge in [0.05, 0.1) is 5.03 Å². The van der Waals surface area contributed by atoms with Gasteiger partial charge in [-0.2, -0.15) is 0 Å². The summed E-state index contributed by atoms with van der Waals surface area (Å²) in [4.78, 5) is 14.6. The predicted octanol–water partition coefficient (Wildman–Crippen LogP) is 2.26. The van der Waals surface area contributed by atoms with Gasteiger partial charge in [-0.15, -0.1) is 11.8 Å². The van der Waals surface area contributed by atoms with Crippen molar-refractivity contribution < 1.29 is 4.79 Å². The Morgan fingerprint density at radius 3 is 3.00 bits per heavy atom. The molecule has 3 heteroatoms. The van der Waals surface area contributed by atoms with E-state index in [1.165, 1.54) is 0 Å². The van der Waals surface area contributed by atoms with Gasteiger partial charge in [0.1, 0.15) is 0 Å². The monoisotopic (exact) mass is 181 g/mol. The van der Waals surface area contributed by atoms with Crippen molar-refractivity contribution >= 4 is 17.5 Å². The fraction of sp³-hybridized carbons (Fsp3) is 0.444. The lowest BCUT2D eigenvalue weighted by Gasteiger charge is -2.08. The molecule has 2 nitrogen and oxygen atoms in total. The Labute approximate surface area is 75.7 Å². The number of carbonyl (C=O) groups is 1. The average Bonchev–Trinajstić information content (AvgIpc) is 2.49. The van der Waals surface area contributed by atoms with Crippen molar-refractivity contribution in [2.45, 2.75) is 24.3 Å². The normalized spacial score (nSPS) is 16.2. The molecule has 0 saturated heterocycles. The van der Waals surface area contributed by atoms with Crippen LogP contribution in [0.15, 0.2) is 11.1 Å². The Bertz CT molecular complexity index is 316. The largest absolute Gasteiger partial charge is 0.353 e. The van der Waals surface area contributed by atoms with E-state index in [4.69, 9.17) is 0 Å². The SMILES string of the molecule is CSc1cc2c([nH]1)CCCC2=O. The Hall–Kier alpha value is -0.700. The molecule has 0 saturated carbocycles. The first-order valence-electron chi connectivity index (χ1n) is 4.10. The van der Waals surface area contributed by atoms with Gasteiger partial charge >= 0.3 is 0 Å². The number of hydrogen-bond donors (Lipinski definition) is 1. The fourth-order valence-electron chi connectivity index (χ4n) is 1.59. The Morgan fingerprint density at radius 2 is 2.33 bits per heavy atom. The number of aromatic amines is 1. The third kappa shape index (κ3) is 1.18. The number of Topliss-reactive ketones (excluding diaryl/α,β-unsaturated/α-hetero) is 1. The third-order valence-corrected chi connectivity index (χ3v) is 2.89. The molecule has 0 aromatic carbocycles. The van der Waals surface area contributed by atoms with Crippen LogP contribution in [0, 0.1) is 0 Å². The summed E-state index contributed by atoms with van der Waals surface area (Å²) in [5.74, 6) is 0.299. The molecule has 1 N–H and O–H groups in total. The molecule has 0 fully saturated rings. The number of aryl methyl sites for hydroxylation is 1. The van der Waals surface area contributed by atoms with Gasteiger partial charge in [-0.3, -0.25) is 4.79 Å². The number of fused-ring (bicyclic) bond motifs is 1. The summed E-state index contributed by atoms with van der Waals surface area (Å²) in [6.07, 6.45) is 4.77. The first-order valence-corrected chi connectivity index (χ1v) is 5.33. The van der Waals surface area contributed by atoms with E-state index in [2.05, 4.69) is 4.98 Å². The second kappa shape index (κ2) is 2.98. The van der Waals surface area contributed by atoms with E-state index in [0.29, 0.717) is 5.78 Å². The van der Waals surface area contributed by atoms with Gasteiger partial charge in [0, 0.05) is 17.7 Å². The number of H-pyrrole nitrogens is 1. The van der Waals surface area contributed by atoms with Crippen LogP contribution in [0.2, 0.25) is 0 Å². The average molecular weight is 181 g/mol. The molecule has 0 bridgehead atoms. The van der Waals surface area contributed by atoms with E-state index < -0.39 is 0 Å². The molecule has 2 rings (SSSR count). The summed E-state index contributed by atoms with van der Waals surface area (Å²) in [7, 11) is 0. The third-order valence-electron chi connectivity index (χ3n) is 2.23. The minimum Gasteiger partial charge on any atom is -0.353 e. The Kier molecular flexibility index (Phi) is 1.97. The van der Waals surface area contributed by atoms with Crippen LogP contribution in [-0.2, 0) is 6.42 Å². The second-order valence-electron chi connectivity index (χ2n) is 3.01. The van der Waals surface area contributed by atoms with Crippen LogP contribution in [0.4, 0.5) is 0 Å². The highest BCUT2D eigenvalue weighted by Crippen LogP contribution is 2.25. The molecule has 0 unspecified atom stereocenters. The van der Waals surface area contributed by atoms with Gasteiger partial charge in [0.15, 0.2) is 5.78 Å². The maximum atomic E-state index is 11.4. The summed E-state index contributed by atoms with van der Waals surface area (Å²) in [6, 6.07) is 1.97. The van der Waals surface area contributed by atoms with E-state index in [1.807, 2.05) is 12.3 Å². The summed E-state index contributed by atoms with van der Waals surface area (Å²) in [6.45, 7) is 0. The van der Waals surface area contributed by atoms with E-state index in [9.17, 15) is 4.79 Å². The number of carbonyl (C=O) groups excluding carboxylic acids is 1. The highest BCUT2D eigenvalue weighted by molar-refractivity contribution is 7.98. The highest BCUT2D eigenvalue weighted by atomic mass is 32.2. The van der Waals surface area contributed by atoms with E-state index in [-0.39, 0.29) is 0 Å². The topological polar surface area (TPSA) is 32.9 Å². The summed E-state index contributed by atoms with van der Waals surface area (Å²) < 4.78 is 0. The number of thioether (sulfide) groups is 1. The minimum atomic E-state index is 0.299. The van der Waals surface area contributed by atoms with Crippen LogP contribution in [0.1, 0.15) is 28.9 Å². The molecule has 64 valence electrons. The van der Waals surface area contributed by atoms with Gasteiger partial charge in [-0.05, 0) is 25.2 Å². The molecule has 0 spiro atoms. The molecule has 0 radical (unpaired) electrons. The molecule has 1 aromatic rings. The predicted molar refractivity (Wildman–Crippen MR) is 49.8 cm³/mol. The first kappa shape index (κ1) is 7.92. The van der Waals surface area contributed by atoms with E-state index in [1.54, 1.807) is 11.8 Å². The van der Waals surface area contributed by atoms with Crippen molar-refractivity contribution in [3.05, 3.63) is 17.3 Å². The Morgan fingerprint density at radius 1 is 1.50 bits per heavy atom. The maximum absolute atomic E-state index is 11.4. The molecule has 1 aliphatic carbocycles. The summed E-state index contributed by atoms with van der Waals surface area (Å²) in [5, 5.41) is 1.11. The fourth-order valence-corrected chi connectivity index (χ4v) is 2.05. The van der Waals surface area contributed by atoms with Crippen LogP contribution >= 0.6 is 11.8 Å². The molecule has 1 heterocycles. The number of hydrogen-bond acceptors (Lipinski definition) is 2. The first-order chi connectivity index (χ1) is 5.81. The number of aromatic nitrogens is 1. The van der Waals surface area contributed by atoms with Crippen molar-refractivity contribution in [3.63, 3.8) is 0 Å². The van der Waals surface area contributed by atoms with Crippen LogP contribution in [0.25, 0.3) is 0 Å². The molecule has 1 aromatic heterocycles. The van der Waals surface area contributed by atoms with E-state index >= 15 is 0 Å². The minimum absolute atomic E-state index is 0.299. The molecule has 12 heavy (non-hydrogen) atoms. The lowest BCUT2D eigenvalue weighted by molar-refractivity contribution is 0.0972. The lowest BCUT2D eigenvalue weighted by Crippen LogP contribution is -2.08. The standard InChI is InChI=1S/C9H11NOS/c1-12-9-5-6-7(10-9)3-2-4-8(6)11/h5,10H,2-4H2,1H3. The molecular weight excluding hydrogens is 170 g/mol. The van der Waals surface area contributed by atoms with Gasteiger partial charge < -0.3 is 4.98 Å². The van der Waals surface area contributed by atoms with E-state index in [0.717, 1.165) is 35.5 Å². The van der Waals surface area contributed by atoms with Crippen LogP contribution in [0.5, 0.6) is 0 Å². The number of ketones is 1. The number of nitrogens with one attached hydrogen (secondary N) is 1. The van der Waals surface area contributed by atoms with Crippen LogP contribution in [0.3, 0.4) is 0 Å². The van der Waals surface area contributed by atoms with Crippen molar-refractivity contribution in [1.29, 1.82) is 0 Å². The summed E-state index contributed by atoms with van der Waals surface area (Å²) >= 11 is 1.66. The second-order valence-corrected chi connectivity index (χ2v) is 3.85. The number of rotatable bonds is 1. The van der Waals surface area contributed by atoms with Crippen molar-refractivity contribution in [2.75, 3.05) is 6.26 Å². The highest BCUT2D eigenvalue weighted by Gasteiger charge is 2.19. The zero-order valence-electron chi connectivity index (χ0n) is 7.02. The molecular formula is C9H11NOS. The van der Waals surface area contributed by atoms with Gasteiger partial charge in [-0.25, -0.2) is 0 Å². The smallest absolute Gasteiger partial charge is 0.164 e. The Balaban J connectivity index is 2.43. The van der Waals surface area contributed by atoms with Gasteiger partial charge in [-0.1, -0.05) is 0 Å². The maximum Gasteiger partial charge on any atom is 0.164 e. The zero-order chi connectivity index (χ0) is 8.55. The van der Waals surface area contributed by atoms with Gasteiger partial charge in [0.2, 0.25) is 0 Å². The van der Waals surface area contributed by atoms with Crippen molar-refractivity contribution in [3.8, 4) is 0 Å². The molecule has 0 amide bonds. The zero-order valence-corrected chi connectivity index (χ0v) is 7.83. The van der Waals surface area contributed by atoms with Crippen molar-refractivity contribution in [2.24, 2.45) is 0 Å². The molecule has 0 aliphatic heterocycles. The quantitative estimate of drug-likeness (QED) is 0.674. The van der Waals surface area contributed by atoms with Crippen LogP contribution < -0.4 is 0 Å². The molecule has 0 atom stereocenters. The molecule has 1 aliphatic rings. The summed E-state index contributed by atoms with van der Waals surface area (Å²) in [5.41, 5.74) is 2.06. The van der Waals surface area contributed by atoms with Gasteiger partial charge in [0.25, 0.3) is 0 Å². The van der Waals surface area contributed by atoms with Crippen LogP contribution in [-0.4, -0.2) is 17.0 Å².